The molecule has 0 saturated carbocycles. The first-order valence-electron chi connectivity index (χ1n) is 9.15. The molecule has 0 aromatic heterocycles. The van der Waals surface area contributed by atoms with Crippen molar-refractivity contribution in [2.24, 2.45) is 5.10 Å². The predicted molar refractivity (Wildman–Crippen MR) is 105 cm³/mol. The number of sulfonamides is 1. The van der Waals surface area contributed by atoms with Gasteiger partial charge in [0.25, 0.3) is 5.91 Å². The fraction of sp³-hybridized carbons (Fsp3) is 0.300. The van der Waals surface area contributed by atoms with Crippen molar-refractivity contribution in [1.82, 2.24) is 9.73 Å². The van der Waals surface area contributed by atoms with E-state index in [1.54, 1.807) is 18.2 Å². The summed E-state index contributed by atoms with van der Waals surface area (Å²) in [5.74, 6) is -0.856. The van der Waals surface area contributed by atoms with Crippen molar-refractivity contribution in [3.63, 3.8) is 0 Å². The zero-order valence-corrected chi connectivity index (χ0v) is 16.4. The van der Waals surface area contributed by atoms with E-state index in [1.807, 2.05) is 6.92 Å². The van der Waals surface area contributed by atoms with Crippen molar-refractivity contribution in [3.05, 3.63) is 65.5 Å². The van der Waals surface area contributed by atoms with Crippen LogP contribution < -0.4 is 5.43 Å². The van der Waals surface area contributed by atoms with Crippen LogP contribution in [0.4, 0.5) is 4.39 Å². The Kier molecular flexibility index (Phi) is 6.21. The molecule has 2 aromatic rings. The molecule has 28 heavy (non-hydrogen) atoms. The fourth-order valence-corrected chi connectivity index (χ4v) is 4.61. The van der Waals surface area contributed by atoms with E-state index in [0.717, 1.165) is 12.8 Å². The van der Waals surface area contributed by atoms with Crippen LogP contribution in [0.15, 0.2) is 58.5 Å². The van der Waals surface area contributed by atoms with Gasteiger partial charge < -0.3 is 0 Å². The molecule has 3 rings (SSSR count). The van der Waals surface area contributed by atoms with Crippen molar-refractivity contribution < 1.29 is 17.6 Å². The van der Waals surface area contributed by atoms with Gasteiger partial charge in [-0.2, -0.15) is 9.41 Å². The maximum absolute atomic E-state index is 13.1. The zero-order valence-electron chi connectivity index (χ0n) is 15.6. The number of hydrogen-bond donors (Lipinski definition) is 1. The number of halogens is 1. The normalized spacial score (nSPS) is 15.6. The number of rotatable bonds is 6. The standard InChI is InChI=1S/C20H22FN3O3S/c1-2-19(15-8-10-17(21)11-9-15)22-23-20(25)16-6-5-7-18(14-16)28(26,27)24-12-3-4-13-24/h5-11,14H,2-4,12-13H2,1H3,(H,23,25)/b22-19+. The predicted octanol–water partition coefficient (Wildman–Crippen LogP) is 3.15. The molecule has 0 radical (unpaired) electrons. The smallest absolute Gasteiger partial charge is 0.267 e. The number of amides is 1. The molecule has 1 fully saturated rings. The number of benzene rings is 2. The van der Waals surface area contributed by atoms with E-state index < -0.39 is 15.9 Å². The Balaban J connectivity index is 1.78. The molecule has 8 heteroatoms. The SMILES string of the molecule is CC/C(=N\NC(=O)c1cccc(S(=O)(=O)N2CCCC2)c1)c1ccc(F)cc1. The third-order valence-electron chi connectivity index (χ3n) is 4.60. The maximum atomic E-state index is 13.1. The quantitative estimate of drug-likeness (QED) is 0.594. The highest BCUT2D eigenvalue weighted by Crippen LogP contribution is 2.21. The number of hydrogen-bond acceptors (Lipinski definition) is 4. The highest BCUT2D eigenvalue weighted by molar-refractivity contribution is 7.89. The largest absolute Gasteiger partial charge is 0.271 e. The first-order chi connectivity index (χ1) is 13.4. The van der Waals surface area contributed by atoms with Crippen molar-refractivity contribution in [1.29, 1.82) is 0 Å². The molecule has 1 heterocycles. The van der Waals surface area contributed by atoms with Gasteiger partial charge >= 0.3 is 0 Å². The van der Waals surface area contributed by atoms with Gasteiger partial charge in [0.1, 0.15) is 5.82 Å². The van der Waals surface area contributed by atoms with Crippen LogP contribution in [0.25, 0.3) is 0 Å². The minimum Gasteiger partial charge on any atom is -0.267 e. The van der Waals surface area contributed by atoms with Gasteiger partial charge in [-0.3, -0.25) is 4.79 Å². The lowest BCUT2D eigenvalue weighted by Gasteiger charge is -2.15. The van der Waals surface area contributed by atoms with Crippen LogP contribution in [0, 0.1) is 5.82 Å². The van der Waals surface area contributed by atoms with Gasteiger partial charge in [0, 0.05) is 18.7 Å². The lowest BCUT2D eigenvalue weighted by molar-refractivity contribution is 0.0954. The third kappa shape index (κ3) is 4.45. The molecule has 0 bridgehead atoms. The highest BCUT2D eigenvalue weighted by Gasteiger charge is 2.27. The zero-order chi connectivity index (χ0) is 20.1. The fourth-order valence-electron chi connectivity index (χ4n) is 3.05. The molecule has 1 saturated heterocycles. The summed E-state index contributed by atoms with van der Waals surface area (Å²) < 4.78 is 39.9. The van der Waals surface area contributed by atoms with Crippen LogP contribution in [0.1, 0.15) is 42.1 Å². The van der Waals surface area contributed by atoms with E-state index in [1.165, 1.54) is 34.6 Å². The summed E-state index contributed by atoms with van der Waals surface area (Å²) in [7, 11) is -3.60. The Bertz CT molecular complexity index is 982. The number of nitrogens with zero attached hydrogens (tertiary/aromatic N) is 2. The second-order valence-electron chi connectivity index (χ2n) is 6.50. The lowest BCUT2D eigenvalue weighted by Crippen LogP contribution is -2.28. The van der Waals surface area contributed by atoms with E-state index >= 15 is 0 Å². The minimum absolute atomic E-state index is 0.0975. The van der Waals surface area contributed by atoms with Crippen LogP contribution in [0.5, 0.6) is 0 Å². The van der Waals surface area contributed by atoms with Crippen molar-refractivity contribution in [2.75, 3.05) is 13.1 Å². The first-order valence-corrected chi connectivity index (χ1v) is 10.6. The van der Waals surface area contributed by atoms with Gasteiger partial charge in [0.15, 0.2) is 0 Å². The topological polar surface area (TPSA) is 78.8 Å². The molecule has 0 unspecified atom stereocenters. The van der Waals surface area contributed by atoms with Crippen LogP contribution >= 0.6 is 0 Å². The second-order valence-corrected chi connectivity index (χ2v) is 8.44. The second kappa shape index (κ2) is 8.62. The van der Waals surface area contributed by atoms with E-state index in [0.29, 0.717) is 30.8 Å². The Hall–Kier alpha value is -2.58. The van der Waals surface area contributed by atoms with Gasteiger partial charge in [-0.1, -0.05) is 25.1 Å². The molecule has 0 aliphatic carbocycles. The molecule has 148 valence electrons. The molecule has 1 N–H and O–H groups in total. The third-order valence-corrected chi connectivity index (χ3v) is 6.50. The highest BCUT2D eigenvalue weighted by atomic mass is 32.2. The maximum Gasteiger partial charge on any atom is 0.271 e. The average Bonchev–Trinajstić information content (AvgIpc) is 3.25. The monoisotopic (exact) mass is 403 g/mol. The summed E-state index contributed by atoms with van der Waals surface area (Å²) >= 11 is 0. The van der Waals surface area contributed by atoms with E-state index in [9.17, 15) is 17.6 Å². The van der Waals surface area contributed by atoms with Gasteiger partial charge in [0.05, 0.1) is 10.6 Å². The van der Waals surface area contributed by atoms with Crippen molar-refractivity contribution in [3.8, 4) is 0 Å². The molecule has 1 aliphatic rings. The van der Waals surface area contributed by atoms with Gasteiger partial charge in [0.2, 0.25) is 10.0 Å². The number of nitrogens with one attached hydrogen (secondary N) is 1. The Morgan fingerprint density at radius 3 is 2.43 bits per heavy atom. The number of hydrazone groups is 1. The van der Waals surface area contributed by atoms with E-state index in [2.05, 4.69) is 10.5 Å². The summed E-state index contributed by atoms with van der Waals surface area (Å²) in [5.41, 5.74) is 3.96. The number of carbonyl (C=O) groups is 1. The lowest BCUT2D eigenvalue weighted by atomic mass is 10.1. The average molecular weight is 403 g/mol. The summed E-state index contributed by atoms with van der Waals surface area (Å²) in [4.78, 5) is 12.6. The molecule has 1 amide bonds. The minimum atomic E-state index is -3.60. The Labute approximate surface area is 164 Å². The van der Waals surface area contributed by atoms with Gasteiger partial charge in [-0.05, 0) is 55.2 Å². The van der Waals surface area contributed by atoms with E-state index in [-0.39, 0.29) is 16.3 Å². The summed E-state index contributed by atoms with van der Waals surface area (Å²) in [6.45, 7) is 2.87. The van der Waals surface area contributed by atoms with Crippen LogP contribution in [-0.4, -0.2) is 37.4 Å². The molecule has 2 aromatic carbocycles. The van der Waals surface area contributed by atoms with Gasteiger partial charge in [-0.15, -0.1) is 0 Å². The molecule has 0 atom stereocenters. The summed E-state index contributed by atoms with van der Waals surface area (Å²) in [6, 6.07) is 11.8. The molecule has 6 nitrogen and oxygen atoms in total. The number of carbonyl (C=O) groups excluding carboxylic acids is 1. The van der Waals surface area contributed by atoms with Crippen molar-refractivity contribution in [2.45, 2.75) is 31.1 Å². The molecule has 1 aliphatic heterocycles. The molecular formula is C20H22FN3O3S. The molecule has 0 spiro atoms. The molecular weight excluding hydrogens is 381 g/mol. The summed E-state index contributed by atoms with van der Waals surface area (Å²) in [6.07, 6.45) is 2.23. The van der Waals surface area contributed by atoms with Crippen LogP contribution in [0.3, 0.4) is 0 Å². The van der Waals surface area contributed by atoms with E-state index in [4.69, 9.17) is 0 Å². The first kappa shape index (κ1) is 20.2. The Morgan fingerprint density at radius 1 is 1.11 bits per heavy atom. The van der Waals surface area contributed by atoms with Gasteiger partial charge in [-0.25, -0.2) is 18.2 Å². The van der Waals surface area contributed by atoms with Crippen LogP contribution in [-0.2, 0) is 10.0 Å². The Morgan fingerprint density at radius 2 is 1.79 bits per heavy atom. The summed E-state index contributed by atoms with van der Waals surface area (Å²) in [5, 5.41) is 4.12. The van der Waals surface area contributed by atoms with Crippen molar-refractivity contribution >= 4 is 21.6 Å². The van der Waals surface area contributed by atoms with Crippen LogP contribution in [0.2, 0.25) is 0 Å².